The predicted octanol–water partition coefficient (Wildman–Crippen LogP) is 3.16. The maximum Gasteiger partial charge on any atom is 0.347 e. The second-order valence-corrected chi connectivity index (χ2v) is 4.56. The molecule has 0 fully saturated rings. The first-order valence-electron chi connectivity index (χ1n) is 6.51. The van der Waals surface area contributed by atoms with Gasteiger partial charge in [-0.1, -0.05) is 18.5 Å². The van der Waals surface area contributed by atoms with Crippen LogP contribution in [0.25, 0.3) is 6.08 Å². The first-order valence-corrected chi connectivity index (χ1v) is 6.89. The average molecular weight is 313 g/mol. The van der Waals surface area contributed by atoms with Crippen LogP contribution in [0.1, 0.15) is 25.8 Å². The van der Waals surface area contributed by atoms with Crippen molar-refractivity contribution in [2.45, 2.75) is 26.4 Å². The molecule has 1 rings (SSSR count). The van der Waals surface area contributed by atoms with E-state index in [1.54, 1.807) is 32.0 Å². The molecule has 0 saturated heterocycles. The number of ether oxygens (including phenoxy) is 2. The van der Waals surface area contributed by atoms with Crippen molar-refractivity contribution < 1.29 is 24.2 Å². The Balaban J connectivity index is 3.00. The molecule has 21 heavy (non-hydrogen) atoms. The van der Waals surface area contributed by atoms with E-state index in [0.29, 0.717) is 22.8 Å². The van der Waals surface area contributed by atoms with Gasteiger partial charge in [-0.3, -0.25) is 0 Å². The van der Waals surface area contributed by atoms with Crippen LogP contribution in [0.15, 0.2) is 24.3 Å². The molecule has 0 spiro atoms. The van der Waals surface area contributed by atoms with Crippen LogP contribution in [-0.4, -0.2) is 29.8 Å². The summed E-state index contributed by atoms with van der Waals surface area (Å²) in [5, 5.41) is 9.13. The van der Waals surface area contributed by atoms with Crippen molar-refractivity contribution in [2.24, 2.45) is 0 Å². The third-order valence-corrected chi connectivity index (χ3v) is 2.80. The van der Waals surface area contributed by atoms with Crippen molar-refractivity contribution in [1.82, 2.24) is 0 Å². The van der Waals surface area contributed by atoms with Gasteiger partial charge in [0.15, 0.2) is 6.10 Å². The summed E-state index contributed by atoms with van der Waals surface area (Å²) in [6, 6.07) is 4.76. The van der Waals surface area contributed by atoms with Crippen LogP contribution in [0.2, 0.25) is 5.02 Å². The number of carboxylic acids is 1. The van der Waals surface area contributed by atoms with E-state index in [9.17, 15) is 9.59 Å². The van der Waals surface area contributed by atoms with E-state index in [2.05, 4.69) is 0 Å². The van der Waals surface area contributed by atoms with E-state index in [1.807, 2.05) is 0 Å². The molecular formula is C15H17ClO5. The summed E-state index contributed by atoms with van der Waals surface area (Å²) in [5.41, 5.74) is 0.479. The van der Waals surface area contributed by atoms with E-state index in [0.717, 1.165) is 6.08 Å². The lowest BCUT2D eigenvalue weighted by Crippen LogP contribution is -2.28. The van der Waals surface area contributed by atoms with Crippen molar-refractivity contribution in [3.05, 3.63) is 34.9 Å². The Morgan fingerprint density at radius 3 is 2.67 bits per heavy atom. The average Bonchev–Trinajstić information content (AvgIpc) is 2.44. The number of halogens is 1. The van der Waals surface area contributed by atoms with Gasteiger partial charge < -0.3 is 14.6 Å². The molecule has 0 aliphatic carbocycles. The highest BCUT2D eigenvalue weighted by Crippen LogP contribution is 2.26. The maximum absolute atomic E-state index is 11.7. The molecule has 0 heterocycles. The van der Waals surface area contributed by atoms with Gasteiger partial charge in [-0.25, -0.2) is 9.59 Å². The number of carbonyl (C=O) groups is 2. The molecule has 0 bridgehead atoms. The summed E-state index contributed by atoms with van der Waals surface area (Å²) >= 11 is 5.89. The molecule has 0 saturated carbocycles. The third kappa shape index (κ3) is 5.47. The summed E-state index contributed by atoms with van der Waals surface area (Å²) in [6.45, 7) is 3.78. The van der Waals surface area contributed by atoms with Crippen LogP contribution in [0.3, 0.4) is 0 Å². The molecule has 6 heteroatoms. The number of esters is 1. The zero-order chi connectivity index (χ0) is 15.8. The molecule has 0 aliphatic rings. The summed E-state index contributed by atoms with van der Waals surface area (Å²) in [7, 11) is 0. The van der Waals surface area contributed by atoms with Crippen LogP contribution in [-0.2, 0) is 14.3 Å². The lowest BCUT2D eigenvalue weighted by molar-refractivity contribution is -0.151. The number of aliphatic carboxylic acids is 1. The highest BCUT2D eigenvalue weighted by Gasteiger charge is 2.20. The normalized spacial score (nSPS) is 12.1. The maximum atomic E-state index is 11.7. The number of carbonyl (C=O) groups excluding carboxylic acids is 1. The number of hydrogen-bond acceptors (Lipinski definition) is 4. The predicted molar refractivity (Wildman–Crippen MR) is 79.5 cm³/mol. The molecule has 0 amide bonds. The smallest absolute Gasteiger partial charge is 0.347 e. The summed E-state index contributed by atoms with van der Waals surface area (Å²) < 4.78 is 10.5. The first kappa shape index (κ1) is 17.0. The molecule has 0 aromatic heterocycles. The number of benzene rings is 1. The van der Waals surface area contributed by atoms with E-state index >= 15 is 0 Å². The standard InChI is InChI=1S/C15H17ClO5/c1-3-12(15(19)20-4-2)21-13-7-6-11(16)9-10(13)5-8-14(17)18/h5-9,12H,3-4H2,1-2H3,(H,17,18). The largest absolute Gasteiger partial charge is 0.478 e. The molecule has 1 atom stereocenters. The summed E-state index contributed by atoms with van der Waals surface area (Å²) in [4.78, 5) is 22.3. The number of rotatable bonds is 7. The Labute approximate surface area is 128 Å². The second kappa shape index (κ2) is 8.32. The Kier molecular flexibility index (Phi) is 6.75. The minimum absolute atomic E-state index is 0.269. The van der Waals surface area contributed by atoms with Crippen LogP contribution in [0.4, 0.5) is 0 Å². The summed E-state index contributed by atoms with van der Waals surface area (Å²) in [6.07, 6.45) is 2.03. The van der Waals surface area contributed by atoms with Gasteiger partial charge in [0.05, 0.1) is 6.61 Å². The molecule has 0 aliphatic heterocycles. The lowest BCUT2D eigenvalue weighted by Gasteiger charge is -2.17. The van der Waals surface area contributed by atoms with E-state index in [1.165, 1.54) is 6.08 Å². The van der Waals surface area contributed by atoms with E-state index in [4.69, 9.17) is 26.2 Å². The first-order chi connectivity index (χ1) is 9.97. The Hall–Kier alpha value is -2.01. The van der Waals surface area contributed by atoms with Gasteiger partial charge in [-0.05, 0) is 37.6 Å². The van der Waals surface area contributed by atoms with Gasteiger partial charge in [0, 0.05) is 16.7 Å². The third-order valence-electron chi connectivity index (χ3n) is 2.57. The zero-order valence-corrected chi connectivity index (χ0v) is 12.6. The van der Waals surface area contributed by atoms with E-state index < -0.39 is 18.0 Å². The molecule has 5 nitrogen and oxygen atoms in total. The number of hydrogen-bond donors (Lipinski definition) is 1. The van der Waals surface area contributed by atoms with Crippen molar-refractivity contribution in [2.75, 3.05) is 6.61 Å². The van der Waals surface area contributed by atoms with Crippen LogP contribution in [0, 0.1) is 0 Å². The highest BCUT2D eigenvalue weighted by atomic mass is 35.5. The topological polar surface area (TPSA) is 72.8 Å². The van der Waals surface area contributed by atoms with Gasteiger partial charge in [0.2, 0.25) is 0 Å². The van der Waals surface area contributed by atoms with Gasteiger partial charge >= 0.3 is 11.9 Å². The summed E-state index contributed by atoms with van der Waals surface area (Å²) in [5.74, 6) is -1.17. The number of carboxylic acid groups (broad SMARTS) is 1. The monoisotopic (exact) mass is 312 g/mol. The quantitative estimate of drug-likeness (QED) is 0.618. The van der Waals surface area contributed by atoms with Gasteiger partial charge in [-0.2, -0.15) is 0 Å². The van der Waals surface area contributed by atoms with Crippen molar-refractivity contribution in [3.8, 4) is 5.75 Å². The van der Waals surface area contributed by atoms with Crippen LogP contribution in [0.5, 0.6) is 5.75 Å². The Bertz CT molecular complexity index is 539. The Morgan fingerprint density at radius 1 is 1.38 bits per heavy atom. The molecule has 0 radical (unpaired) electrons. The minimum Gasteiger partial charge on any atom is -0.478 e. The fourth-order valence-corrected chi connectivity index (χ4v) is 1.79. The minimum atomic E-state index is -1.08. The van der Waals surface area contributed by atoms with Crippen molar-refractivity contribution >= 4 is 29.6 Å². The molecule has 1 aromatic carbocycles. The molecule has 1 N–H and O–H groups in total. The van der Waals surface area contributed by atoms with Crippen LogP contribution >= 0.6 is 11.6 Å². The van der Waals surface area contributed by atoms with Gasteiger partial charge in [0.1, 0.15) is 5.75 Å². The SMILES string of the molecule is CCOC(=O)C(CC)Oc1ccc(Cl)cc1C=CC(=O)O. The van der Waals surface area contributed by atoms with E-state index in [-0.39, 0.29) is 6.61 Å². The fraction of sp³-hybridized carbons (Fsp3) is 0.333. The molecule has 1 unspecified atom stereocenters. The van der Waals surface area contributed by atoms with Crippen LogP contribution < -0.4 is 4.74 Å². The second-order valence-electron chi connectivity index (χ2n) is 4.12. The fourth-order valence-electron chi connectivity index (χ4n) is 1.60. The van der Waals surface area contributed by atoms with Crippen molar-refractivity contribution in [3.63, 3.8) is 0 Å². The highest BCUT2D eigenvalue weighted by molar-refractivity contribution is 6.30. The molecule has 114 valence electrons. The lowest BCUT2D eigenvalue weighted by atomic mass is 10.1. The van der Waals surface area contributed by atoms with Crippen molar-refractivity contribution in [1.29, 1.82) is 0 Å². The molecule has 1 aromatic rings. The van der Waals surface area contributed by atoms with Gasteiger partial charge in [0.25, 0.3) is 0 Å². The van der Waals surface area contributed by atoms with Gasteiger partial charge in [-0.15, -0.1) is 0 Å². The molecular weight excluding hydrogens is 296 g/mol. The Morgan fingerprint density at radius 2 is 2.10 bits per heavy atom. The zero-order valence-electron chi connectivity index (χ0n) is 11.8.